The summed E-state index contributed by atoms with van der Waals surface area (Å²) in [5, 5.41) is 0. The number of nitrogens with zero attached hydrogens (tertiary/aromatic N) is 2. The lowest BCUT2D eigenvalue weighted by Crippen LogP contribution is -2.45. The van der Waals surface area contributed by atoms with Crippen molar-refractivity contribution in [2.75, 3.05) is 13.1 Å². The van der Waals surface area contributed by atoms with Crippen LogP contribution in [0.25, 0.3) is 0 Å². The van der Waals surface area contributed by atoms with Gasteiger partial charge in [-0.3, -0.25) is 4.79 Å². The fourth-order valence-electron chi connectivity index (χ4n) is 3.63. The molecule has 0 aliphatic carbocycles. The number of likely N-dealkylation sites (tertiary alicyclic amines) is 1. The van der Waals surface area contributed by atoms with Crippen LogP contribution in [-0.2, 0) is 26.5 Å². The number of amidine groups is 1. The van der Waals surface area contributed by atoms with Crippen molar-refractivity contribution in [1.29, 1.82) is 0 Å². The monoisotopic (exact) mass is 300 g/mol. The van der Waals surface area contributed by atoms with Gasteiger partial charge < -0.3 is 14.4 Å². The molecule has 0 aromatic heterocycles. The Bertz CT molecular complexity index is 633. The molecular weight excluding hydrogens is 280 g/mol. The van der Waals surface area contributed by atoms with Crippen molar-refractivity contribution in [1.82, 2.24) is 4.90 Å². The van der Waals surface area contributed by atoms with Gasteiger partial charge in [0, 0.05) is 13.1 Å². The van der Waals surface area contributed by atoms with Gasteiger partial charge in [-0.15, -0.1) is 0 Å². The van der Waals surface area contributed by atoms with Crippen LogP contribution in [0.2, 0.25) is 0 Å². The van der Waals surface area contributed by atoms with Crippen molar-refractivity contribution in [3.05, 3.63) is 35.4 Å². The molecule has 22 heavy (non-hydrogen) atoms. The molecule has 1 saturated heterocycles. The largest absolute Gasteiger partial charge is 0.451 e. The molecule has 116 valence electrons. The number of amides is 1. The molecule has 3 aliphatic rings. The van der Waals surface area contributed by atoms with Crippen LogP contribution in [0.4, 0.5) is 0 Å². The third-order valence-corrected chi connectivity index (χ3v) is 4.95. The van der Waals surface area contributed by atoms with E-state index in [1.807, 2.05) is 6.92 Å². The quantitative estimate of drug-likeness (QED) is 0.798. The predicted octanol–water partition coefficient (Wildman–Crippen LogP) is 2.20. The Morgan fingerprint density at radius 1 is 1.32 bits per heavy atom. The molecule has 0 N–H and O–H groups in total. The Hall–Kier alpha value is -1.88. The van der Waals surface area contributed by atoms with Gasteiger partial charge >= 0.3 is 0 Å². The fraction of sp³-hybridized carbons (Fsp3) is 0.529. The van der Waals surface area contributed by atoms with Gasteiger partial charge in [-0.1, -0.05) is 31.2 Å². The smallest absolute Gasteiger partial charge is 0.296 e. The number of rotatable bonds is 1. The van der Waals surface area contributed by atoms with E-state index in [2.05, 4.69) is 34.2 Å². The number of ether oxygens (including phenoxy) is 2. The van der Waals surface area contributed by atoms with Crippen LogP contribution in [0.1, 0.15) is 37.3 Å². The molecular formula is C17H20N2O3. The van der Waals surface area contributed by atoms with E-state index >= 15 is 0 Å². The Morgan fingerprint density at radius 2 is 2.09 bits per heavy atom. The summed E-state index contributed by atoms with van der Waals surface area (Å²) in [6, 6.07) is 8.96. The number of aliphatic imine (C=N–C) groups is 1. The molecule has 1 aromatic rings. The van der Waals surface area contributed by atoms with Gasteiger partial charge in [0.1, 0.15) is 0 Å². The molecule has 0 saturated carbocycles. The van der Waals surface area contributed by atoms with Crippen LogP contribution in [0.5, 0.6) is 0 Å². The number of carbonyl (C=O) groups excluding carboxylic acids is 1. The summed E-state index contributed by atoms with van der Waals surface area (Å²) >= 11 is 0. The summed E-state index contributed by atoms with van der Waals surface area (Å²) < 4.78 is 11.8. The van der Waals surface area contributed by atoms with E-state index in [4.69, 9.17) is 9.47 Å². The van der Waals surface area contributed by atoms with Gasteiger partial charge in [0.25, 0.3) is 11.9 Å². The van der Waals surface area contributed by atoms with E-state index in [1.54, 1.807) is 0 Å². The number of hydrogen-bond donors (Lipinski definition) is 0. The van der Waals surface area contributed by atoms with Crippen LogP contribution in [0.3, 0.4) is 0 Å². The second kappa shape index (κ2) is 5.09. The minimum atomic E-state index is -0.394. The fourth-order valence-corrected chi connectivity index (χ4v) is 3.63. The second-order valence-corrected chi connectivity index (χ2v) is 6.17. The zero-order chi connectivity index (χ0) is 15.2. The molecule has 1 unspecified atom stereocenters. The van der Waals surface area contributed by atoms with Gasteiger partial charge in [-0.25, -0.2) is 0 Å². The highest BCUT2D eigenvalue weighted by atomic mass is 16.5. The first-order chi connectivity index (χ1) is 10.7. The molecule has 1 spiro atoms. The molecule has 3 heterocycles. The standard InChI is InChI=1S/C17H20N2O3/c1-2-14-15(20)18-16(22-14)19-9-7-17(8-10-19)13-6-4-3-5-12(13)11-21-17/h3-6,14H,2,7-11H2,1H3. The maximum Gasteiger partial charge on any atom is 0.296 e. The molecule has 1 atom stereocenters. The van der Waals surface area contributed by atoms with Crippen LogP contribution < -0.4 is 0 Å². The molecule has 1 aromatic carbocycles. The van der Waals surface area contributed by atoms with Gasteiger partial charge in [-0.05, 0) is 30.4 Å². The van der Waals surface area contributed by atoms with Crippen LogP contribution >= 0.6 is 0 Å². The Kier molecular flexibility index (Phi) is 3.18. The summed E-state index contributed by atoms with van der Waals surface area (Å²) in [6.07, 6.45) is 2.07. The summed E-state index contributed by atoms with van der Waals surface area (Å²) in [4.78, 5) is 17.8. The average molecular weight is 300 g/mol. The maximum atomic E-state index is 11.7. The zero-order valence-corrected chi connectivity index (χ0v) is 12.7. The van der Waals surface area contributed by atoms with Crippen LogP contribution in [-0.4, -0.2) is 36.0 Å². The summed E-state index contributed by atoms with van der Waals surface area (Å²) in [7, 11) is 0. The molecule has 1 fully saturated rings. The normalized spacial score (nSPS) is 26.0. The summed E-state index contributed by atoms with van der Waals surface area (Å²) in [5.74, 6) is -0.153. The summed E-state index contributed by atoms with van der Waals surface area (Å²) in [5.41, 5.74) is 2.46. The Balaban J connectivity index is 1.48. The highest BCUT2D eigenvalue weighted by molar-refractivity contribution is 5.98. The number of hydrogen-bond acceptors (Lipinski definition) is 4. The molecule has 0 bridgehead atoms. The van der Waals surface area contributed by atoms with E-state index < -0.39 is 6.10 Å². The molecule has 0 radical (unpaired) electrons. The zero-order valence-electron chi connectivity index (χ0n) is 12.7. The molecule has 5 nitrogen and oxygen atoms in total. The van der Waals surface area contributed by atoms with E-state index in [0.717, 1.165) is 25.9 Å². The van der Waals surface area contributed by atoms with Crippen molar-refractivity contribution in [2.24, 2.45) is 4.99 Å². The van der Waals surface area contributed by atoms with E-state index in [-0.39, 0.29) is 11.5 Å². The highest BCUT2D eigenvalue weighted by Crippen LogP contribution is 2.44. The predicted molar refractivity (Wildman–Crippen MR) is 81.3 cm³/mol. The number of benzene rings is 1. The maximum absolute atomic E-state index is 11.7. The minimum Gasteiger partial charge on any atom is -0.451 e. The number of carbonyl (C=O) groups is 1. The molecule has 4 rings (SSSR count). The van der Waals surface area contributed by atoms with E-state index in [1.165, 1.54) is 11.1 Å². The van der Waals surface area contributed by atoms with E-state index in [9.17, 15) is 4.79 Å². The molecule has 3 aliphatic heterocycles. The lowest BCUT2D eigenvalue weighted by atomic mass is 9.84. The second-order valence-electron chi connectivity index (χ2n) is 6.17. The van der Waals surface area contributed by atoms with Crippen molar-refractivity contribution >= 4 is 11.9 Å². The lowest BCUT2D eigenvalue weighted by molar-refractivity contribution is -0.122. The third-order valence-electron chi connectivity index (χ3n) is 4.95. The highest BCUT2D eigenvalue weighted by Gasteiger charge is 2.44. The van der Waals surface area contributed by atoms with Gasteiger partial charge in [0.2, 0.25) is 0 Å². The van der Waals surface area contributed by atoms with Crippen molar-refractivity contribution in [2.45, 2.75) is 44.5 Å². The topological polar surface area (TPSA) is 51.1 Å². The number of piperidine rings is 1. The Morgan fingerprint density at radius 3 is 2.82 bits per heavy atom. The molecule has 5 heteroatoms. The van der Waals surface area contributed by atoms with Gasteiger partial charge in [-0.2, -0.15) is 4.99 Å². The van der Waals surface area contributed by atoms with E-state index in [0.29, 0.717) is 19.0 Å². The first-order valence-electron chi connectivity index (χ1n) is 7.98. The van der Waals surface area contributed by atoms with Crippen LogP contribution in [0, 0.1) is 0 Å². The first-order valence-corrected chi connectivity index (χ1v) is 7.98. The van der Waals surface area contributed by atoms with Gasteiger partial charge in [0.15, 0.2) is 6.10 Å². The molecule has 1 amide bonds. The van der Waals surface area contributed by atoms with Crippen LogP contribution in [0.15, 0.2) is 29.3 Å². The SMILES string of the molecule is CCC1OC(N2CCC3(CC2)OCc2ccccc23)=NC1=O. The Labute approximate surface area is 129 Å². The first kappa shape index (κ1) is 13.8. The van der Waals surface area contributed by atoms with Crippen molar-refractivity contribution in [3.63, 3.8) is 0 Å². The minimum absolute atomic E-state index is 0.153. The van der Waals surface area contributed by atoms with Gasteiger partial charge in [0.05, 0.1) is 12.2 Å². The van der Waals surface area contributed by atoms with Crippen molar-refractivity contribution in [3.8, 4) is 0 Å². The lowest BCUT2D eigenvalue weighted by Gasteiger charge is -2.39. The number of fused-ring (bicyclic) bond motifs is 2. The average Bonchev–Trinajstić information content (AvgIpc) is 3.10. The summed E-state index contributed by atoms with van der Waals surface area (Å²) in [6.45, 7) is 4.24. The van der Waals surface area contributed by atoms with Crippen molar-refractivity contribution < 1.29 is 14.3 Å². The third kappa shape index (κ3) is 2.03.